The average molecular weight is 322 g/mol. The summed E-state index contributed by atoms with van der Waals surface area (Å²) in [7, 11) is 3.91. The molecule has 6 nitrogen and oxygen atoms in total. The molecule has 6 heteroatoms. The van der Waals surface area contributed by atoms with Crippen LogP contribution in [0.15, 0.2) is 24.3 Å². The van der Waals surface area contributed by atoms with Crippen LogP contribution in [0.1, 0.15) is 30.6 Å². The van der Waals surface area contributed by atoms with E-state index in [2.05, 4.69) is 5.32 Å². The molecular weight excluding hydrogens is 296 g/mol. The second kappa shape index (κ2) is 9.84. The van der Waals surface area contributed by atoms with Crippen LogP contribution in [0, 0.1) is 0 Å². The molecule has 23 heavy (non-hydrogen) atoms. The number of carbonyl (C=O) groups is 2. The first-order valence-corrected chi connectivity index (χ1v) is 7.74. The highest BCUT2D eigenvalue weighted by Crippen LogP contribution is 2.17. The molecule has 0 fully saturated rings. The van der Waals surface area contributed by atoms with Crippen molar-refractivity contribution >= 4 is 11.9 Å². The Morgan fingerprint density at radius 2 is 1.91 bits per heavy atom. The standard InChI is InChI=1S/C17H26N2O4/c1-13(2)23-16(20)9-10-18-17(21)14-7-5-6-8-15(14)22-12-11-19(3)4/h5-8,13H,9-12H2,1-4H3,(H,18,21). The molecule has 0 unspecified atom stereocenters. The number of nitrogens with zero attached hydrogens (tertiary/aromatic N) is 1. The second-order valence-corrected chi connectivity index (χ2v) is 5.69. The van der Waals surface area contributed by atoms with Gasteiger partial charge in [-0.25, -0.2) is 0 Å². The lowest BCUT2D eigenvalue weighted by molar-refractivity contribution is -0.147. The first-order chi connectivity index (χ1) is 10.9. The summed E-state index contributed by atoms with van der Waals surface area (Å²) in [6.07, 6.45) is -0.00265. The maximum Gasteiger partial charge on any atom is 0.307 e. The van der Waals surface area contributed by atoms with Crippen molar-refractivity contribution in [2.45, 2.75) is 26.4 Å². The van der Waals surface area contributed by atoms with Crippen molar-refractivity contribution in [3.8, 4) is 5.75 Å². The minimum Gasteiger partial charge on any atom is -0.491 e. The Morgan fingerprint density at radius 1 is 1.22 bits per heavy atom. The van der Waals surface area contributed by atoms with E-state index in [4.69, 9.17) is 9.47 Å². The molecule has 0 spiro atoms. The van der Waals surface area contributed by atoms with Gasteiger partial charge in [-0.2, -0.15) is 0 Å². The monoisotopic (exact) mass is 322 g/mol. The first kappa shape index (κ1) is 19.0. The van der Waals surface area contributed by atoms with Gasteiger partial charge in [-0.1, -0.05) is 12.1 Å². The van der Waals surface area contributed by atoms with E-state index in [-0.39, 0.29) is 30.9 Å². The number of ether oxygens (including phenoxy) is 2. The van der Waals surface area contributed by atoms with Crippen molar-refractivity contribution in [2.75, 3.05) is 33.8 Å². The average Bonchev–Trinajstić information content (AvgIpc) is 2.46. The van der Waals surface area contributed by atoms with E-state index in [0.29, 0.717) is 17.9 Å². The molecule has 1 N–H and O–H groups in total. The van der Waals surface area contributed by atoms with E-state index in [1.165, 1.54) is 0 Å². The van der Waals surface area contributed by atoms with Gasteiger partial charge in [0.05, 0.1) is 18.1 Å². The minimum absolute atomic E-state index is 0.146. The van der Waals surface area contributed by atoms with Gasteiger partial charge in [0.1, 0.15) is 12.4 Å². The molecule has 1 amide bonds. The molecule has 0 saturated carbocycles. The SMILES string of the molecule is CC(C)OC(=O)CCNC(=O)c1ccccc1OCCN(C)C. The first-order valence-electron chi connectivity index (χ1n) is 7.74. The van der Waals surface area contributed by atoms with Crippen molar-refractivity contribution in [1.29, 1.82) is 0 Å². The Bertz CT molecular complexity index is 515. The quantitative estimate of drug-likeness (QED) is 0.701. The number of benzene rings is 1. The van der Waals surface area contributed by atoms with Crippen molar-refractivity contribution < 1.29 is 19.1 Å². The van der Waals surface area contributed by atoms with Crippen LogP contribution in [0.3, 0.4) is 0 Å². The third kappa shape index (κ3) is 7.65. The van der Waals surface area contributed by atoms with Gasteiger partial charge in [0.25, 0.3) is 5.91 Å². The van der Waals surface area contributed by atoms with E-state index >= 15 is 0 Å². The number of carbonyl (C=O) groups excluding carboxylic acids is 2. The topological polar surface area (TPSA) is 67.9 Å². The van der Waals surface area contributed by atoms with Crippen LogP contribution in [0.25, 0.3) is 0 Å². The summed E-state index contributed by atoms with van der Waals surface area (Å²) in [6.45, 7) is 5.07. The number of hydrogen-bond acceptors (Lipinski definition) is 5. The largest absolute Gasteiger partial charge is 0.491 e. The zero-order valence-electron chi connectivity index (χ0n) is 14.3. The maximum absolute atomic E-state index is 12.2. The van der Waals surface area contributed by atoms with Gasteiger partial charge in [0.15, 0.2) is 0 Å². The summed E-state index contributed by atoms with van der Waals surface area (Å²) in [4.78, 5) is 25.7. The molecule has 1 aromatic carbocycles. The van der Waals surface area contributed by atoms with Crippen LogP contribution >= 0.6 is 0 Å². The lowest BCUT2D eigenvalue weighted by Crippen LogP contribution is -2.28. The zero-order chi connectivity index (χ0) is 17.2. The molecule has 0 aliphatic rings. The molecule has 0 heterocycles. The summed E-state index contributed by atoms with van der Waals surface area (Å²) in [5.74, 6) is -0.0461. The Kier molecular flexibility index (Phi) is 8.11. The summed E-state index contributed by atoms with van der Waals surface area (Å²) in [5, 5.41) is 2.71. The lowest BCUT2D eigenvalue weighted by atomic mass is 10.2. The number of likely N-dealkylation sites (N-methyl/N-ethyl adjacent to an activating group) is 1. The zero-order valence-corrected chi connectivity index (χ0v) is 14.3. The number of esters is 1. The third-order valence-electron chi connectivity index (χ3n) is 2.91. The van der Waals surface area contributed by atoms with Gasteiger partial charge in [-0.3, -0.25) is 9.59 Å². The highest BCUT2D eigenvalue weighted by atomic mass is 16.5. The molecule has 0 atom stereocenters. The Hall–Kier alpha value is -2.08. The predicted molar refractivity (Wildman–Crippen MR) is 88.7 cm³/mol. The second-order valence-electron chi connectivity index (χ2n) is 5.69. The van der Waals surface area contributed by atoms with Gasteiger partial charge in [0, 0.05) is 13.1 Å². The number of para-hydroxylation sites is 1. The fraction of sp³-hybridized carbons (Fsp3) is 0.529. The smallest absolute Gasteiger partial charge is 0.307 e. The van der Waals surface area contributed by atoms with Crippen molar-refractivity contribution in [1.82, 2.24) is 10.2 Å². The molecule has 0 radical (unpaired) electrons. The van der Waals surface area contributed by atoms with E-state index in [1.807, 2.05) is 25.1 Å². The van der Waals surface area contributed by atoms with Crippen LogP contribution in [-0.2, 0) is 9.53 Å². The molecule has 128 valence electrons. The maximum atomic E-state index is 12.2. The summed E-state index contributed by atoms with van der Waals surface area (Å²) in [6, 6.07) is 7.06. The van der Waals surface area contributed by atoms with Gasteiger partial charge >= 0.3 is 5.97 Å². The van der Waals surface area contributed by atoms with Crippen LogP contribution in [0.4, 0.5) is 0 Å². The highest BCUT2D eigenvalue weighted by molar-refractivity contribution is 5.97. The number of amides is 1. The molecule has 1 aromatic rings. The summed E-state index contributed by atoms with van der Waals surface area (Å²) >= 11 is 0. The van der Waals surface area contributed by atoms with Crippen LogP contribution < -0.4 is 10.1 Å². The summed E-state index contributed by atoms with van der Waals surface area (Å²) in [5.41, 5.74) is 0.462. The minimum atomic E-state index is -0.323. The van der Waals surface area contributed by atoms with Gasteiger partial charge in [-0.15, -0.1) is 0 Å². The lowest BCUT2D eigenvalue weighted by Gasteiger charge is -2.14. The van der Waals surface area contributed by atoms with Crippen LogP contribution in [-0.4, -0.2) is 56.7 Å². The molecule has 0 aliphatic carbocycles. The fourth-order valence-corrected chi connectivity index (χ4v) is 1.81. The number of rotatable bonds is 9. The van der Waals surface area contributed by atoms with Gasteiger partial charge < -0.3 is 19.7 Å². The summed E-state index contributed by atoms with van der Waals surface area (Å²) < 4.78 is 10.7. The Balaban J connectivity index is 2.50. The van der Waals surface area contributed by atoms with Crippen molar-refractivity contribution in [2.24, 2.45) is 0 Å². The fourth-order valence-electron chi connectivity index (χ4n) is 1.81. The molecule has 0 saturated heterocycles. The van der Waals surface area contributed by atoms with Gasteiger partial charge in [-0.05, 0) is 40.1 Å². The third-order valence-corrected chi connectivity index (χ3v) is 2.91. The van der Waals surface area contributed by atoms with E-state index < -0.39 is 0 Å². The number of nitrogens with one attached hydrogen (secondary N) is 1. The highest BCUT2D eigenvalue weighted by Gasteiger charge is 2.13. The Morgan fingerprint density at radius 3 is 2.57 bits per heavy atom. The van der Waals surface area contributed by atoms with Crippen LogP contribution in [0.2, 0.25) is 0 Å². The Labute approximate surface area is 137 Å². The molecule has 0 bridgehead atoms. The van der Waals surface area contributed by atoms with Crippen LogP contribution in [0.5, 0.6) is 5.75 Å². The normalized spacial score (nSPS) is 10.7. The molecule has 1 rings (SSSR count). The van der Waals surface area contributed by atoms with E-state index in [1.54, 1.807) is 32.0 Å². The molecular formula is C17H26N2O4. The molecule has 0 aliphatic heterocycles. The molecule has 0 aromatic heterocycles. The van der Waals surface area contributed by atoms with Crippen molar-refractivity contribution in [3.05, 3.63) is 29.8 Å². The van der Waals surface area contributed by atoms with E-state index in [9.17, 15) is 9.59 Å². The van der Waals surface area contributed by atoms with E-state index in [0.717, 1.165) is 6.54 Å². The predicted octanol–water partition coefficient (Wildman–Crippen LogP) is 1.70. The van der Waals surface area contributed by atoms with Crippen molar-refractivity contribution in [3.63, 3.8) is 0 Å². The number of hydrogen-bond donors (Lipinski definition) is 1. The van der Waals surface area contributed by atoms with Gasteiger partial charge in [0.2, 0.25) is 0 Å².